The number of rotatable bonds is 1. The van der Waals surface area contributed by atoms with Gasteiger partial charge in [-0.2, -0.15) is 5.26 Å². The van der Waals surface area contributed by atoms with Crippen molar-refractivity contribution in [1.82, 2.24) is 0 Å². The first-order valence-electron chi connectivity index (χ1n) is 3.86. The van der Waals surface area contributed by atoms with Crippen LogP contribution >= 0.6 is 12.4 Å². The monoisotopic (exact) mass is 189 g/mol. The third kappa shape index (κ3) is 2.71. The summed E-state index contributed by atoms with van der Waals surface area (Å²) in [6, 6.07) is 2.17. The summed E-state index contributed by atoms with van der Waals surface area (Å²) >= 11 is 0. The summed E-state index contributed by atoms with van der Waals surface area (Å²) in [7, 11) is 0. The van der Waals surface area contributed by atoms with Crippen LogP contribution in [0, 0.1) is 23.2 Å². The van der Waals surface area contributed by atoms with Gasteiger partial charge in [-0.15, -0.1) is 12.4 Å². The van der Waals surface area contributed by atoms with Crippen LogP contribution in [0.5, 0.6) is 0 Å². The van der Waals surface area contributed by atoms with E-state index in [0.717, 1.165) is 12.8 Å². The maximum Gasteiger partial charge on any atom is 0.306 e. The Hall–Kier alpha value is -0.750. The maximum absolute atomic E-state index is 10.5. The number of hydrogen-bond acceptors (Lipinski definition) is 2. The molecule has 0 bridgehead atoms. The molecule has 0 unspecified atom stereocenters. The highest BCUT2D eigenvalue weighted by Gasteiger charge is 2.25. The molecule has 0 aliphatic heterocycles. The molecule has 1 saturated carbocycles. The van der Waals surface area contributed by atoms with Crippen molar-refractivity contribution in [3.8, 4) is 6.07 Å². The fraction of sp³-hybridized carbons (Fsp3) is 0.750. The van der Waals surface area contributed by atoms with Crippen molar-refractivity contribution in [3.05, 3.63) is 0 Å². The molecule has 0 aromatic heterocycles. The first-order valence-corrected chi connectivity index (χ1v) is 3.86. The molecular formula is C8H12ClNO2. The molecule has 1 rings (SSSR count). The Kier molecular flexibility index (Phi) is 4.68. The molecule has 0 aromatic rings. The second-order valence-corrected chi connectivity index (χ2v) is 3.02. The van der Waals surface area contributed by atoms with Gasteiger partial charge in [0.05, 0.1) is 12.0 Å². The number of halogens is 1. The summed E-state index contributed by atoms with van der Waals surface area (Å²) in [6.07, 6.45) is 2.86. The number of hydrogen-bond donors (Lipinski definition) is 1. The van der Waals surface area contributed by atoms with Gasteiger partial charge in [0.25, 0.3) is 0 Å². The van der Waals surface area contributed by atoms with Gasteiger partial charge in [0.15, 0.2) is 0 Å². The van der Waals surface area contributed by atoms with E-state index >= 15 is 0 Å². The molecular weight excluding hydrogens is 178 g/mol. The molecule has 1 fully saturated rings. The van der Waals surface area contributed by atoms with Crippen molar-refractivity contribution in [1.29, 1.82) is 5.26 Å². The van der Waals surface area contributed by atoms with Crippen molar-refractivity contribution in [3.63, 3.8) is 0 Å². The van der Waals surface area contributed by atoms with Crippen LogP contribution in [0.15, 0.2) is 0 Å². The van der Waals surface area contributed by atoms with Gasteiger partial charge in [-0.3, -0.25) is 4.79 Å². The molecule has 1 aliphatic carbocycles. The molecule has 0 atom stereocenters. The molecule has 1 N–H and O–H groups in total. The number of carbonyl (C=O) groups is 1. The van der Waals surface area contributed by atoms with Gasteiger partial charge in [-0.05, 0) is 25.7 Å². The van der Waals surface area contributed by atoms with E-state index in [1.807, 2.05) is 0 Å². The molecule has 0 heterocycles. The standard InChI is InChI=1S/C8H11NO2.ClH/c9-5-6-1-3-7(4-2-6)8(10)11;/h6-7H,1-4H2,(H,10,11);1H/t6-,7-;. The highest BCUT2D eigenvalue weighted by Crippen LogP contribution is 2.27. The minimum Gasteiger partial charge on any atom is -0.481 e. The SMILES string of the molecule is Cl.N#C[C@H]1CC[C@H](C(=O)O)CC1. The largest absolute Gasteiger partial charge is 0.481 e. The summed E-state index contributed by atoms with van der Waals surface area (Å²) in [6.45, 7) is 0. The zero-order valence-electron chi connectivity index (χ0n) is 6.69. The topological polar surface area (TPSA) is 61.1 Å². The summed E-state index contributed by atoms with van der Waals surface area (Å²) in [5.74, 6) is -0.799. The lowest BCUT2D eigenvalue weighted by atomic mass is 9.83. The average Bonchev–Trinajstić information content (AvgIpc) is 2.05. The van der Waals surface area contributed by atoms with Gasteiger partial charge in [-0.1, -0.05) is 0 Å². The van der Waals surface area contributed by atoms with Crippen LogP contribution in [-0.4, -0.2) is 11.1 Å². The molecule has 12 heavy (non-hydrogen) atoms. The normalized spacial score (nSPS) is 28.2. The van der Waals surface area contributed by atoms with Gasteiger partial charge in [0.1, 0.15) is 0 Å². The first-order chi connectivity index (χ1) is 5.24. The number of carboxylic acid groups (broad SMARTS) is 1. The Morgan fingerprint density at radius 3 is 2.17 bits per heavy atom. The quantitative estimate of drug-likeness (QED) is 0.685. The van der Waals surface area contributed by atoms with Crippen LogP contribution < -0.4 is 0 Å². The average molecular weight is 190 g/mol. The molecule has 4 heteroatoms. The van der Waals surface area contributed by atoms with Crippen molar-refractivity contribution < 1.29 is 9.90 Å². The van der Waals surface area contributed by atoms with E-state index in [1.165, 1.54) is 0 Å². The Labute approximate surface area is 77.8 Å². The van der Waals surface area contributed by atoms with Crippen LogP contribution in [-0.2, 0) is 4.79 Å². The predicted molar refractivity (Wildman–Crippen MR) is 45.9 cm³/mol. The first kappa shape index (κ1) is 11.2. The summed E-state index contributed by atoms with van der Waals surface area (Å²) in [4.78, 5) is 10.5. The van der Waals surface area contributed by atoms with E-state index in [1.54, 1.807) is 0 Å². The number of nitriles is 1. The Morgan fingerprint density at radius 1 is 1.33 bits per heavy atom. The second kappa shape index (κ2) is 5.00. The third-order valence-corrected chi connectivity index (χ3v) is 2.26. The molecule has 1 aliphatic rings. The Balaban J connectivity index is 0.00000121. The van der Waals surface area contributed by atoms with Gasteiger partial charge in [0.2, 0.25) is 0 Å². The van der Waals surface area contributed by atoms with Crippen molar-refractivity contribution in [2.75, 3.05) is 0 Å². The lowest BCUT2D eigenvalue weighted by molar-refractivity contribution is -0.142. The molecule has 68 valence electrons. The van der Waals surface area contributed by atoms with Gasteiger partial charge >= 0.3 is 5.97 Å². The van der Waals surface area contributed by atoms with Crippen molar-refractivity contribution in [2.24, 2.45) is 11.8 Å². The molecule has 0 spiro atoms. The lowest BCUT2D eigenvalue weighted by Gasteiger charge is -2.20. The fourth-order valence-electron chi connectivity index (χ4n) is 1.47. The zero-order valence-corrected chi connectivity index (χ0v) is 7.51. The van der Waals surface area contributed by atoms with Gasteiger partial charge in [0, 0.05) is 5.92 Å². The van der Waals surface area contributed by atoms with Crippen LogP contribution in [0.1, 0.15) is 25.7 Å². The Morgan fingerprint density at radius 2 is 1.83 bits per heavy atom. The smallest absolute Gasteiger partial charge is 0.306 e. The third-order valence-electron chi connectivity index (χ3n) is 2.26. The number of carboxylic acids is 1. The fourth-order valence-corrected chi connectivity index (χ4v) is 1.47. The van der Waals surface area contributed by atoms with Crippen LogP contribution in [0.4, 0.5) is 0 Å². The summed E-state index contributed by atoms with van der Waals surface area (Å²) in [5.41, 5.74) is 0. The van der Waals surface area contributed by atoms with E-state index in [0.29, 0.717) is 12.8 Å². The minimum absolute atomic E-state index is 0. The minimum atomic E-state index is -0.707. The van der Waals surface area contributed by atoms with E-state index in [-0.39, 0.29) is 24.2 Å². The van der Waals surface area contributed by atoms with Gasteiger partial charge < -0.3 is 5.11 Å². The second-order valence-electron chi connectivity index (χ2n) is 3.02. The van der Waals surface area contributed by atoms with Crippen LogP contribution in [0.25, 0.3) is 0 Å². The van der Waals surface area contributed by atoms with E-state index in [2.05, 4.69) is 6.07 Å². The van der Waals surface area contributed by atoms with Crippen LogP contribution in [0.3, 0.4) is 0 Å². The number of aliphatic carboxylic acids is 1. The summed E-state index contributed by atoms with van der Waals surface area (Å²) < 4.78 is 0. The van der Waals surface area contributed by atoms with E-state index in [9.17, 15) is 4.79 Å². The highest BCUT2D eigenvalue weighted by molar-refractivity contribution is 5.85. The number of nitrogens with zero attached hydrogens (tertiary/aromatic N) is 1. The molecule has 3 nitrogen and oxygen atoms in total. The highest BCUT2D eigenvalue weighted by atomic mass is 35.5. The van der Waals surface area contributed by atoms with Gasteiger partial charge in [-0.25, -0.2) is 0 Å². The molecule has 0 saturated heterocycles. The van der Waals surface area contributed by atoms with E-state index < -0.39 is 5.97 Å². The predicted octanol–water partition coefficient (Wildman–Crippen LogP) is 1.82. The van der Waals surface area contributed by atoms with Crippen molar-refractivity contribution >= 4 is 18.4 Å². The maximum atomic E-state index is 10.5. The van der Waals surface area contributed by atoms with E-state index in [4.69, 9.17) is 10.4 Å². The van der Waals surface area contributed by atoms with Crippen LogP contribution in [0.2, 0.25) is 0 Å². The molecule has 0 aromatic carbocycles. The Bertz CT molecular complexity index is 192. The lowest BCUT2D eigenvalue weighted by Crippen LogP contribution is -2.20. The van der Waals surface area contributed by atoms with Crippen molar-refractivity contribution in [2.45, 2.75) is 25.7 Å². The molecule has 0 radical (unpaired) electrons. The summed E-state index contributed by atoms with van der Waals surface area (Å²) in [5, 5.41) is 17.1. The zero-order chi connectivity index (χ0) is 8.27. The molecule has 0 amide bonds.